The Labute approximate surface area is 326 Å². The summed E-state index contributed by atoms with van der Waals surface area (Å²) in [7, 11) is 0. The van der Waals surface area contributed by atoms with Crippen LogP contribution < -0.4 is 30.6 Å². The van der Waals surface area contributed by atoms with Gasteiger partial charge in [0.2, 0.25) is 5.91 Å². The average Bonchev–Trinajstić information content (AvgIpc) is 3.16. The highest BCUT2D eigenvalue weighted by atomic mass is 35.5. The molecule has 4 heterocycles. The summed E-state index contributed by atoms with van der Waals surface area (Å²) in [4.78, 5) is 58.7. The third-order valence-corrected chi connectivity index (χ3v) is 11.4. The number of aromatic nitrogens is 3. The van der Waals surface area contributed by atoms with E-state index in [9.17, 15) is 24.4 Å². The fraction of sp³-hybridized carbons (Fsp3) is 0.525. The first kappa shape index (κ1) is 39.7. The molecule has 3 fully saturated rings. The Kier molecular flexibility index (Phi) is 12.1. The lowest BCUT2D eigenvalue weighted by Crippen LogP contribution is -2.74. The lowest BCUT2D eigenvalue weighted by atomic mass is 9.49. The second-order valence-electron chi connectivity index (χ2n) is 15.7. The number of imide groups is 1. The van der Waals surface area contributed by atoms with Crippen molar-refractivity contribution in [2.24, 2.45) is 10.8 Å². The normalized spacial score (nSPS) is 21.9. The molecule has 0 spiro atoms. The fourth-order valence-corrected chi connectivity index (χ4v) is 8.54. The number of unbranched alkanes of at least 4 members (excludes halogenated alkanes) is 3. The second kappa shape index (κ2) is 16.8. The SMILES string of the molecule is CC1(C)[C@H](NC(=O)c2ccc(N3CCN(CCCCCCOc4cnn(C5CCC(=O)NC5=O)c(=O)c4)CC3)nc2)C(C)(C)[C@H]1Oc1ccc(C#N)c(Cl)c1. The first-order valence-corrected chi connectivity index (χ1v) is 19.3. The molecule has 6 rings (SSSR count). The number of rotatable bonds is 14. The molecule has 292 valence electrons. The van der Waals surface area contributed by atoms with Gasteiger partial charge in [0.05, 0.1) is 29.0 Å². The number of nitrogens with zero attached hydrogens (tertiary/aromatic N) is 6. The zero-order valence-corrected chi connectivity index (χ0v) is 32.6. The van der Waals surface area contributed by atoms with Gasteiger partial charge in [0.15, 0.2) is 0 Å². The van der Waals surface area contributed by atoms with Gasteiger partial charge in [-0.3, -0.25) is 29.4 Å². The molecule has 0 bridgehead atoms. The maximum absolute atomic E-state index is 13.4. The molecule has 3 aromatic rings. The van der Waals surface area contributed by atoms with Gasteiger partial charge in [0.1, 0.15) is 35.5 Å². The van der Waals surface area contributed by atoms with Gasteiger partial charge in [-0.25, -0.2) is 9.67 Å². The molecule has 1 atom stereocenters. The van der Waals surface area contributed by atoms with Crippen LogP contribution in [0.2, 0.25) is 5.02 Å². The second-order valence-corrected chi connectivity index (χ2v) is 16.1. The largest absolute Gasteiger partial charge is 0.492 e. The van der Waals surface area contributed by atoms with Gasteiger partial charge in [-0.1, -0.05) is 52.1 Å². The Morgan fingerprint density at radius 2 is 1.73 bits per heavy atom. The topological polar surface area (TPSA) is 172 Å². The van der Waals surface area contributed by atoms with E-state index in [4.69, 9.17) is 21.1 Å². The van der Waals surface area contributed by atoms with Crippen LogP contribution in [0.1, 0.15) is 88.2 Å². The van der Waals surface area contributed by atoms with E-state index in [0.29, 0.717) is 34.3 Å². The first-order valence-electron chi connectivity index (χ1n) is 18.9. The molecule has 2 N–H and O–H groups in total. The van der Waals surface area contributed by atoms with E-state index in [0.717, 1.165) is 68.9 Å². The Bertz CT molecular complexity index is 1970. The number of pyridine rings is 1. The molecule has 2 aliphatic heterocycles. The van der Waals surface area contributed by atoms with Crippen molar-refractivity contribution in [3.63, 3.8) is 0 Å². The molecule has 0 radical (unpaired) electrons. The third kappa shape index (κ3) is 8.95. The van der Waals surface area contributed by atoms with Crippen molar-refractivity contribution in [1.29, 1.82) is 5.26 Å². The zero-order valence-electron chi connectivity index (χ0n) is 31.8. The highest BCUT2D eigenvalue weighted by molar-refractivity contribution is 6.31. The van der Waals surface area contributed by atoms with Gasteiger partial charge < -0.3 is 19.7 Å². The lowest BCUT2D eigenvalue weighted by molar-refractivity contribution is -0.164. The molecule has 14 nitrogen and oxygen atoms in total. The van der Waals surface area contributed by atoms with Crippen LogP contribution in [0.3, 0.4) is 0 Å². The minimum Gasteiger partial charge on any atom is -0.492 e. The number of benzene rings is 1. The van der Waals surface area contributed by atoms with Crippen molar-refractivity contribution < 1.29 is 23.9 Å². The first-order chi connectivity index (χ1) is 26.3. The Hall–Kier alpha value is -5.00. The number of nitrogens with one attached hydrogen (secondary N) is 2. The molecule has 1 unspecified atom stereocenters. The molecule has 55 heavy (non-hydrogen) atoms. The van der Waals surface area contributed by atoms with E-state index >= 15 is 0 Å². The number of nitriles is 1. The number of carbonyl (C=O) groups excluding carboxylic acids is 3. The minimum absolute atomic E-state index is 0.143. The Morgan fingerprint density at radius 3 is 2.38 bits per heavy atom. The molecular formula is C40H49ClN8O6. The van der Waals surface area contributed by atoms with Crippen LogP contribution in [-0.4, -0.2) is 88.9 Å². The van der Waals surface area contributed by atoms with Gasteiger partial charge in [0.25, 0.3) is 17.4 Å². The number of hydrogen-bond donors (Lipinski definition) is 2. The summed E-state index contributed by atoms with van der Waals surface area (Å²) in [5, 5.41) is 19.1. The van der Waals surface area contributed by atoms with Crippen LogP contribution in [0.5, 0.6) is 11.5 Å². The third-order valence-electron chi connectivity index (χ3n) is 11.1. The van der Waals surface area contributed by atoms with Crippen molar-refractivity contribution in [2.45, 2.75) is 84.4 Å². The molecule has 15 heteroatoms. The average molecular weight is 773 g/mol. The van der Waals surface area contributed by atoms with E-state index in [-0.39, 0.29) is 47.6 Å². The molecule has 1 saturated carbocycles. The predicted octanol–water partition coefficient (Wildman–Crippen LogP) is 4.51. The summed E-state index contributed by atoms with van der Waals surface area (Å²) in [6.07, 6.45) is 7.33. The standard InChI is InChI=1S/C40H49ClN8O6/c1-39(2)37(40(3,4)38(39)55-28-11-9-26(23-42)30(41)21-28)46-35(52)27-10-13-32(43-24-27)48-18-16-47(17-19-48)15-7-5-6-8-20-54-29-22-34(51)49(44-25-29)31-12-14-33(50)45-36(31)53/h9-11,13,21-22,24-25,31,37-38H,5-8,12,14-20H2,1-4H3,(H,46,52)(H,45,50,53)/t31?,37-,38-. The molecular weight excluding hydrogens is 724 g/mol. The van der Waals surface area contributed by atoms with Gasteiger partial charge in [-0.2, -0.15) is 10.4 Å². The van der Waals surface area contributed by atoms with E-state index in [1.54, 1.807) is 24.4 Å². The quantitative estimate of drug-likeness (QED) is 0.175. The highest BCUT2D eigenvalue weighted by Gasteiger charge is 2.64. The number of piperidine rings is 1. The van der Waals surface area contributed by atoms with Crippen molar-refractivity contribution in [1.82, 2.24) is 30.3 Å². The van der Waals surface area contributed by atoms with Gasteiger partial charge >= 0.3 is 0 Å². The van der Waals surface area contributed by atoms with Gasteiger partial charge in [-0.15, -0.1) is 0 Å². The summed E-state index contributed by atoms with van der Waals surface area (Å²) in [6.45, 7) is 13.4. The maximum Gasteiger partial charge on any atom is 0.271 e. The Morgan fingerprint density at radius 1 is 0.982 bits per heavy atom. The molecule has 2 aromatic heterocycles. The lowest BCUT2D eigenvalue weighted by Gasteiger charge is -2.63. The van der Waals surface area contributed by atoms with E-state index in [1.165, 1.54) is 12.3 Å². The molecule has 2 saturated heterocycles. The van der Waals surface area contributed by atoms with Crippen molar-refractivity contribution in [3.05, 3.63) is 75.3 Å². The smallest absolute Gasteiger partial charge is 0.271 e. The van der Waals surface area contributed by atoms with Crippen LogP contribution in [0.25, 0.3) is 0 Å². The van der Waals surface area contributed by atoms with Crippen LogP contribution in [-0.2, 0) is 9.59 Å². The number of carbonyl (C=O) groups is 3. The summed E-state index contributed by atoms with van der Waals surface area (Å²) >= 11 is 6.23. The van der Waals surface area contributed by atoms with Crippen molar-refractivity contribution in [2.75, 3.05) is 44.2 Å². The van der Waals surface area contributed by atoms with Crippen LogP contribution in [0.15, 0.2) is 53.6 Å². The number of piperazine rings is 1. The number of halogens is 1. The molecule has 3 amide bonds. The van der Waals surface area contributed by atoms with E-state index in [2.05, 4.69) is 64.3 Å². The number of ether oxygens (including phenoxy) is 2. The maximum atomic E-state index is 13.4. The summed E-state index contributed by atoms with van der Waals surface area (Å²) in [6, 6.07) is 11.3. The summed E-state index contributed by atoms with van der Waals surface area (Å²) in [5.41, 5.74) is -0.252. The molecule has 1 aliphatic carbocycles. The molecule has 3 aliphatic rings. The number of anilines is 1. The monoisotopic (exact) mass is 772 g/mol. The highest BCUT2D eigenvalue weighted by Crippen LogP contribution is 2.55. The summed E-state index contributed by atoms with van der Waals surface area (Å²) in [5.74, 6) is 0.796. The number of amides is 3. The minimum atomic E-state index is -0.786. The molecule has 1 aromatic carbocycles. The van der Waals surface area contributed by atoms with E-state index < -0.39 is 17.5 Å². The zero-order chi connectivity index (χ0) is 39.3. The Balaban J connectivity index is 0.871. The van der Waals surface area contributed by atoms with Crippen LogP contribution >= 0.6 is 11.6 Å². The van der Waals surface area contributed by atoms with Crippen LogP contribution in [0, 0.1) is 22.2 Å². The summed E-state index contributed by atoms with van der Waals surface area (Å²) < 4.78 is 13.2. The van der Waals surface area contributed by atoms with Gasteiger partial charge in [-0.05, 0) is 50.1 Å². The fourth-order valence-electron chi connectivity index (χ4n) is 8.33. The van der Waals surface area contributed by atoms with Gasteiger partial charge in [0, 0.05) is 67.8 Å². The van der Waals surface area contributed by atoms with Crippen LogP contribution in [0.4, 0.5) is 5.82 Å². The van der Waals surface area contributed by atoms with E-state index in [1.807, 2.05) is 12.1 Å². The number of hydrogen-bond acceptors (Lipinski definition) is 11. The predicted molar refractivity (Wildman–Crippen MR) is 206 cm³/mol. The van der Waals surface area contributed by atoms with Crippen molar-refractivity contribution >= 4 is 35.1 Å². The van der Waals surface area contributed by atoms with Crippen molar-refractivity contribution in [3.8, 4) is 17.6 Å².